The molecule has 32 heavy (non-hydrogen) atoms. The van der Waals surface area contributed by atoms with Gasteiger partial charge < -0.3 is 9.13 Å². The Morgan fingerprint density at radius 1 is 0.906 bits per heavy atom. The molecular weight excluding hydrogens is 406 g/mol. The Kier molecular flexibility index (Phi) is 7.53. The minimum absolute atomic E-state index is 0.222. The van der Waals surface area contributed by atoms with Gasteiger partial charge in [0.2, 0.25) is 0 Å². The van der Waals surface area contributed by atoms with Crippen molar-refractivity contribution in [2.24, 2.45) is 0 Å². The van der Waals surface area contributed by atoms with E-state index in [1.807, 2.05) is 31.4 Å². The summed E-state index contributed by atoms with van der Waals surface area (Å²) in [7, 11) is 0. The Labute approximate surface area is 188 Å². The van der Waals surface area contributed by atoms with Crippen molar-refractivity contribution < 1.29 is 4.79 Å². The lowest BCUT2D eigenvalue weighted by molar-refractivity contribution is 0.0968. The second-order valence-electron chi connectivity index (χ2n) is 8.50. The molecule has 0 radical (unpaired) electrons. The molecule has 8 heteroatoms. The van der Waals surface area contributed by atoms with Crippen LogP contribution in [-0.2, 0) is 26.2 Å². The number of unbranched alkanes of at least 4 members (excludes halogenated alkanes) is 2. The zero-order valence-corrected chi connectivity index (χ0v) is 20.0. The predicted molar refractivity (Wildman–Crippen MR) is 127 cm³/mol. The monoisotopic (exact) mass is 441 g/mol. The van der Waals surface area contributed by atoms with Crippen molar-refractivity contribution in [3.8, 4) is 0 Å². The topological polar surface area (TPSA) is 83.8 Å². The van der Waals surface area contributed by atoms with Gasteiger partial charge in [-0.2, -0.15) is 0 Å². The highest BCUT2D eigenvalue weighted by atomic mass is 16.2. The molecule has 3 rings (SSSR count). The number of rotatable bonds is 11. The van der Waals surface area contributed by atoms with Crippen molar-refractivity contribution in [1.82, 2.24) is 23.3 Å². The zero-order chi connectivity index (χ0) is 23.4. The number of nitrogens with zero attached hydrogens (tertiary/aromatic N) is 5. The first-order chi connectivity index (χ1) is 15.3. The molecule has 0 unspecified atom stereocenters. The maximum absolute atomic E-state index is 13.4. The number of aryl methyl sites for hydroxylation is 3. The third kappa shape index (κ3) is 4.36. The lowest BCUT2D eigenvalue weighted by Gasteiger charge is -2.12. The van der Waals surface area contributed by atoms with Crippen molar-refractivity contribution in [1.29, 1.82) is 0 Å². The van der Waals surface area contributed by atoms with E-state index < -0.39 is 11.2 Å². The molecule has 0 fully saturated rings. The molecule has 0 aliphatic rings. The highest BCUT2D eigenvalue weighted by Gasteiger charge is 2.22. The molecule has 0 aliphatic carbocycles. The van der Waals surface area contributed by atoms with Crippen LogP contribution in [0, 0.1) is 13.8 Å². The van der Waals surface area contributed by atoms with Crippen LogP contribution in [0.25, 0.3) is 11.2 Å². The van der Waals surface area contributed by atoms with Crippen molar-refractivity contribution in [2.45, 2.75) is 92.9 Å². The molecule has 0 amide bonds. The minimum Gasteiger partial charge on any atom is -0.348 e. The van der Waals surface area contributed by atoms with Crippen LogP contribution in [-0.4, -0.2) is 29.0 Å². The molecule has 0 aromatic carbocycles. The molecule has 0 atom stereocenters. The van der Waals surface area contributed by atoms with Gasteiger partial charge in [0.05, 0.1) is 12.9 Å². The molecule has 3 aromatic heterocycles. The molecule has 3 heterocycles. The second-order valence-corrected chi connectivity index (χ2v) is 8.50. The largest absolute Gasteiger partial charge is 0.348 e. The minimum atomic E-state index is -0.465. The summed E-state index contributed by atoms with van der Waals surface area (Å²) in [5.74, 6) is -0.222. The Morgan fingerprint density at radius 2 is 1.59 bits per heavy atom. The molecule has 0 aliphatic heterocycles. The number of carbonyl (C=O) groups excluding carboxylic acids is 1. The molecule has 0 bridgehead atoms. The standard InChI is InChI=1S/C24H35N5O3/c1-6-9-12-26-16-25-22-21(26)23(31)29(24(32)28(22)13-10-7-2)15-20(30)19-14-17(4)27(11-8-3)18(19)5/h14,16H,6-13,15H2,1-5H3. The van der Waals surface area contributed by atoms with Gasteiger partial charge in [-0.3, -0.25) is 18.7 Å². The summed E-state index contributed by atoms with van der Waals surface area (Å²) in [5, 5.41) is 0. The van der Waals surface area contributed by atoms with Crippen LogP contribution in [0.4, 0.5) is 0 Å². The number of aromatic nitrogens is 5. The quantitative estimate of drug-likeness (QED) is 0.425. The van der Waals surface area contributed by atoms with Crippen LogP contribution < -0.4 is 11.2 Å². The van der Waals surface area contributed by atoms with E-state index in [0.717, 1.165) is 54.6 Å². The number of hydrogen-bond donors (Lipinski definition) is 0. The number of Topliss-reactive ketones (excluding diaryl/α,β-unsaturated/α-hetero) is 1. The number of hydrogen-bond acceptors (Lipinski definition) is 4. The van der Waals surface area contributed by atoms with Crippen LogP contribution >= 0.6 is 0 Å². The fourth-order valence-corrected chi connectivity index (χ4v) is 4.27. The summed E-state index contributed by atoms with van der Waals surface area (Å²) in [6.07, 6.45) is 6.18. The van der Waals surface area contributed by atoms with Gasteiger partial charge in [-0.05, 0) is 39.2 Å². The van der Waals surface area contributed by atoms with Crippen LogP contribution in [0.2, 0.25) is 0 Å². The van der Waals surface area contributed by atoms with Crippen LogP contribution in [0.3, 0.4) is 0 Å². The number of carbonyl (C=O) groups is 1. The van der Waals surface area contributed by atoms with Gasteiger partial charge in [0.1, 0.15) is 0 Å². The SMILES string of the molecule is CCCCn1cnc2c1c(=O)n(CC(=O)c1cc(C)n(CCC)c1C)c(=O)n2CCCC. The van der Waals surface area contributed by atoms with Crippen LogP contribution in [0.5, 0.6) is 0 Å². The molecule has 3 aromatic rings. The summed E-state index contributed by atoms with van der Waals surface area (Å²) in [6.45, 7) is 11.8. The molecule has 0 N–H and O–H groups in total. The first-order valence-electron chi connectivity index (χ1n) is 11.7. The van der Waals surface area contributed by atoms with Crippen LogP contribution in [0.15, 0.2) is 22.0 Å². The van der Waals surface area contributed by atoms with Gasteiger partial charge in [-0.15, -0.1) is 0 Å². The van der Waals surface area contributed by atoms with E-state index in [4.69, 9.17) is 0 Å². The smallest absolute Gasteiger partial charge is 0.333 e. The average Bonchev–Trinajstić information content (AvgIpc) is 3.31. The Bertz CT molecular complexity index is 1230. The Morgan fingerprint density at radius 3 is 2.25 bits per heavy atom. The second kappa shape index (κ2) is 10.1. The third-order valence-electron chi connectivity index (χ3n) is 6.09. The average molecular weight is 442 g/mol. The van der Waals surface area contributed by atoms with Crippen molar-refractivity contribution in [3.63, 3.8) is 0 Å². The molecule has 0 saturated heterocycles. The fraction of sp³-hybridized carbons (Fsp3) is 0.583. The van der Waals surface area contributed by atoms with Gasteiger partial charge in [0.15, 0.2) is 16.9 Å². The highest BCUT2D eigenvalue weighted by molar-refractivity contribution is 5.97. The van der Waals surface area contributed by atoms with Gasteiger partial charge in [-0.1, -0.05) is 33.6 Å². The molecule has 8 nitrogen and oxygen atoms in total. The number of ketones is 1. The summed E-state index contributed by atoms with van der Waals surface area (Å²) in [6, 6.07) is 1.86. The highest BCUT2D eigenvalue weighted by Crippen LogP contribution is 2.17. The lowest BCUT2D eigenvalue weighted by atomic mass is 10.1. The fourth-order valence-electron chi connectivity index (χ4n) is 4.27. The maximum Gasteiger partial charge on any atom is 0.333 e. The maximum atomic E-state index is 13.4. The molecule has 0 spiro atoms. The van der Waals surface area contributed by atoms with E-state index in [9.17, 15) is 14.4 Å². The number of fused-ring (bicyclic) bond motifs is 1. The van der Waals surface area contributed by atoms with Gasteiger partial charge in [0, 0.05) is 36.6 Å². The summed E-state index contributed by atoms with van der Waals surface area (Å²) in [4.78, 5) is 44.3. The van der Waals surface area contributed by atoms with Crippen molar-refractivity contribution in [3.05, 3.63) is 50.2 Å². The van der Waals surface area contributed by atoms with E-state index >= 15 is 0 Å². The Hall–Kier alpha value is -2.90. The molecule has 0 saturated carbocycles. The first-order valence-corrected chi connectivity index (χ1v) is 11.7. The normalized spacial score (nSPS) is 11.5. The van der Waals surface area contributed by atoms with E-state index in [0.29, 0.717) is 29.8 Å². The van der Waals surface area contributed by atoms with Crippen molar-refractivity contribution >= 4 is 16.9 Å². The zero-order valence-electron chi connectivity index (χ0n) is 20.0. The van der Waals surface area contributed by atoms with E-state index in [1.165, 1.54) is 0 Å². The lowest BCUT2D eigenvalue weighted by Crippen LogP contribution is -2.42. The number of imidazole rings is 1. The summed E-state index contributed by atoms with van der Waals surface area (Å²) < 4.78 is 6.57. The Balaban J connectivity index is 2.11. The van der Waals surface area contributed by atoms with E-state index in [-0.39, 0.29) is 12.3 Å². The van der Waals surface area contributed by atoms with Crippen molar-refractivity contribution in [2.75, 3.05) is 0 Å². The van der Waals surface area contributed by atoms with E-state index in [1.54, 1.807) is 10.9 Å². The summed E-state index contributed by atoms with van der Waals surface area (Å²) in [5.41, 5.74) is 2.36. The third-order valence-corrected chi connectivity index (χ3v) is 6.09. The first kappa shape index (κ1) is 23.8. The van der Waals surface area contributed by atoms with Gasteiger partial charge in [0.25, 0.3) is 5.56 Å². The molecular formula is C24H35N5O3. The van der Waals surface area contributed by atoms with Crippen LogP contribution in [0.1, 0.15) is 74.6 Å². The van der Waals surface area contributed by atoms with Gasteiger partial charge in [-0.25, -0.2) is 9.78 Å². The van der Waals surface area contributed by atoms with E-state index in [2.05, 4.69) is 23.4 Å². The molecule has 174 valence electrons. The predicted octanol–water partition coefficient (Wildman–Crippen LogP) is 3.67. The van der Waals surface area contributed by atoms with Gasteiger partial charge >= 0.3 is 5.69 Å². The summed E-state index contributed by atoms with van der Waals surface area (Å²) >= 11 is 0.